The van der Waals surface area contributed by atoms with Crippen molar-refractivity contribution in [3.63, 3.8) is 0 Å². The lowest BCUT2D eigenvalue weighted by Crippen LogP contribution is -2.28. The van der Waals surface area contributed by atoms with Gasteiger partial charge in [0.1, 0.15) is 5.75 Å². The van der Waals surface area contributed by atoms with Crippen LogP contribution in [0.25, 0.3) is 0 Å². The van der Waals surface area contributed by atoms with Gasteiger partial charge in [0.15, 0.2) is 0 Å². The van der Waals surface area contributed by atoms with Crippen LogP contribution < -0.4 is 20.1 Å². The average Bonchev–Trinajstić information content (AvgIpc) is 3.52. The van der Waals surface area contributed by atoms with Crippen LogP contribution in [0.1, 0.15) is 29.6 Å². The van der Waals surface area contributed by atoms with Crippen LogP contribution >= 0.6 is 0 Å². The van der Waals surface area contributed by atoms with Crippen molar-refractivity contribution in [2.75, 3.05) is 19.0 Å². The van der Waals surface area contributed by atoms with Gasteiger partial charge in [-0.3, -0.25) is 9.59 Å². The second-order valence-corrected chi connectivity index (χ2v) is 8.47. The molecule has 0 heterocycles. The second-order valence-electron chi connectivity index (χ2n) is 6.70. The molecular weight excluding hydrogens is 394 g/mol. The van der Waals surface area contributed by atoms with E-state index in [9.17, 15) is 18.0 Å². The minimum Gasteiger partial charge on any atom is -0.497 e. The SMILES string of the molecule is COc1ccc(S(=O)(=O)NCCC(=O)Nc2cccc(C(=O)NC3CC3)c2)cc1. The first-order valence-corrected chi connectivity index (χ1v) is 10.7. The number of carbonyl (C=O) groups is 2. The topological polar surface area (TPSA) is 114 Å². The van der Waals surface area contributed by atoms with Crippen molar-refractivity contribution in [3.05, 3.63) is 54.1 Å². The van der Waals surface area contributed by atoms with Gasteiger partial charge in [-0.25, -0.2) is 13.1 Å². The summed E-state index contributed by atoms with van der Waals surface area (Å²) in [7, 11) is -2.22. The normalized spacial score (nSPS) is 13.6. The number of hydrogen-bond donors (Lipinski definition) is 3. The molecule has 0 spiro atoms. The maximum absolute atomic E-state index is 12.3. The van der Waals surface area contributed by atoms with E-state index in [1.54, 1.807) is 36.4 Å². The van der Waals surface area contributed by atoms with Crippen LogP contribution in [0.3, 0.4) is 0 Å². The summed E-state index contributed by atoms with van der Waals surface area (Å²) in [6.45, 7) is -0.0535. The van der Waals surface area contributed by atoms with Gasteiger partial charge in [0.25, 0.3) is 5.91 Å². The lowest BCUT2D eigenvalue weighted by atomic mass is 10.2. The number of methoxy groups -OCH3 is 1. The molecule has 0 unspecified atom stereocenters. The summed E-state index contributed by atoms with van der Waals surface area (Å²) in [4.78, 5) is 24.3. The van der Waals surface area contributed by atoms with Crippen molar-refractivity contribution >= 4 is 27.5 Å². The Labute approximate surface area is 169 Å². The molecule has 0 radical (unpaired) electrons. The Hall–Kier alpha value is -2.91. The highest BCUT2D eigenvalue weighted by atomic mass is 32.2. The van der Waals surface area contributed by atoms with E-state index in [1.165, 1.54) is 19.2 Å². The quantitative estimate of drug-likeness (QED) is 0.577. The molecule has 1 aliphatic carbocycles. The van der Waals surface area contributed by atoms with Gasteiger partial charge in [0.05, 0.1) is 12.0 Å². The molecule has 8 nitrogen and oxygen atoms in total. The van der Waals surface area contributed by atoms with Crippen LogP contribution in [0.15, 0.2) is 53.4 Å². The Morgan fingerprint density at radius 2 is 1.83 bits per heavy atom. The summed E-state index contributed by atoms with van der Waals surface area (Å²) < 4.78 is 31.9. The Morgan fingerprint density at radius 3 is 2.48 bits per heavy atom. The predicted molar refractivity (Wildman–Crippen MR) is 108 cm³/mol. The molecule has 2 aromatic carbocycles. The number of amides is 2. The summed E-state index contributed by atoms with van der Waals surface area (Å²) >= 11 is 0. The molecule has 0 bridgehead atoms. The fourth-order valence-electron chi connectivity index (χ4n) is 2.60. The van der Waals surface area contributed by atoms with Gasteiger partial charge in [-0.2, -0.15) is 0 Å². The number of anilines is 1. The van der Waals surface area contributed by atoms with Crippen LogP contribution in [-0.2, 0) is 14.8 Å². The van der Waals surface area contributed by atoms with Crippen LogP contribution in [0, 0.1) is 0 Å². The summed E-state index contributed by atoms with van der Waals surface area (Å²) in [6.07, 6.45) is 1.94. The number of benzene rings is 2. The highest BCUT2D eigenvalue weighted by Crippen LogP contribution is 2.20. The zero-order chi connectivity index (χ0) is 20.9. The van der Waals surface area contributed by atoms with Gasteiger partial charge in [-0.1, -0.05) is 6.07 Å². The monoisotopic (exact) mass is 417 g/mol. The lowest BCUT2D eigenvalue weighted by molar-refractivity contribution is -0.116. The molecule has 1 aliphatic rings. The summed E-state index contributed by atoms with van der Waals surface area (Å²) in [5.41, 5.74) is 0.950. The summed E-state index contributed by atoms with van der Waals surface area (Å²) in [5, 5.41) is 5.57. The molecule has 29 heavy (non-hydrogen) atoms. The number of rotatable bonds is 9. The van der Waals surface area contributed by atoms with Gasteiger partial charge in [0.2, 0.25) is 15.9 Å². The highest BCUT2D eigenvalue weighted by molar-refractivity contribution is 7.89. The molecule has 9 heteroatoms. The first kappa shape index (κ1) is 20.8. The van der Waals surface area contributed by atoms with Crippen molar-refractivity contribution in [3.8, 4) is 5.75 Å². The van der Waals surface area contributed by atoms with Gasteiger partial charge >= 0.3 is 0 Å². The predicted octanol–water partition coefficient (Wildman–Crippen LogP) is 1.89. The first-order chi connectivity index (χ1) is 13.9. The van der Waals surface area contributed by atoms with Crippen LogP contribution in [0.2, 0.25) is 0 Å². The number of hydrogen-bond acceptors (Lipinski definition) is 5. The minimum absolute atomic E-state index is 0.0477. The van der Waals surface area contributed by atoms with E-state index in [1.807, 2.05) is 0 Å². The lowest BCUT2D eigenvalue weighted by Gasteiger charge is -2.09. The molecule has 0 atom stereocenters. The van der Waals surface area contributed by atoms with Gasteiger partial charge < -0.3 is 15.4 Å². The van der Waals surface area contributed by atoms with Crippen molar-refractivity contribution in [2.45, 2.75) is 30.2 Å². The molecule has 2 amide bonds. The van der Waals surface area contributed by atoms with Crippen LogP contribution in [0.5, 0.6) is 5.75 Å². The Bertz CT molecular complexity index is 985. The standard InChI is InChI=1S/C20H23N3O5S/c1-28-17-7-9-18(10-8-17)29(26,27)21-12-11-19(24)22-16-4-2-3-14(13-16)20(25)23-15-5-6-15/h2-4,7-10,13,15,21H,5-6,11-12H2,1H3,(H,22,24)(H,23,25). The highest BCUT2D eigenvalue weighted by Gasteiger charge is 2.23. The average molecular weight is 417 g/mol. The molecule has 0 saturated heterocycles. The molecule has 1 saturated carbocycles. The summed E-state index contributed by atoms with van der Waals surface area (Å²) in [6, 6.07) is 12.8. The van der Waals surface area contributed by atoms with E-state index < -0.39 is 10.0 Å². The van der Waals surface area contributed by atoms with E-state index in [2.05, 4.69) is 15.4 Å². The maximum atomic E-state index is 12.3. The molecule has 154 valence electrons. The number of ether oxygens (including phenoxy) is 1. The number of carbonyl (C=O) groups excluding carboxylic acids is 2. The zero-order valence-corrected chi connectivity index (χ0v) is 16.8. The zero-order valence-electron chi connectivity index (χ0n) is 16.0. The summed E-state index contributed by atoms with van der Waals surface area (Å²) in [5.74, 6) is 0.0226. The molecule has 3 rings (SSSR count). The second kappa shape index (κ2) is 9.06. The molecule has 0 aliphatic heterocycles. The Morgan fingerprint density at radius 1 is 1.10 bits per heavy atom. The minimum atomic E-state index is -3.72. The molecule has 3 N–H and O–H groups in total. The van der Waals surface area contributed by atoms with E-state index in [0.29, 0.717) is 17.0 Å². The van der Waals surface area contributed by atoms with Crippen molar-refractivity contribution in [2.24, 2.45) is 0 Å². The molecule has 2 aromatic rings. The van der Waals surface area contributed by atoms with Crippen molar-refractivity contribution < 1.29 is 22.7 Å². The van der Waals surface area contributed by atoms with E-state index >= 15 is 0 Å². The number of sulfonamides is 1. The number of nitrogens with one attached hydrogen (secondary N) is 3. The fourth-order valence-corrected chi connectivity index (χ4v) is 3.63. The van der Waals surface area contributed by atoms with Gasteiger partial charge in [-0.15, -0.1) is 0 Å². The smallest absolute Gasteiger partial charge is 0.251 e. The fraction of sp³-hybridized carbons (Fsp3) is 0.300. The van der Waals surface area contributed by atoms with Gasteiger partial charge in [0, 0.05) is 30.3 Å². The Balaban J connectivity index is 1.49. The Kier molecular flexibility index (Phi) is 6.50. The third kappa shape index (κ3) is 6.03. The van der Waals surface area contributed by atoms with Gasteiger partial charge in [-0.05, 0) is 55.3 Å². The van der Waals surface area contributed by atoms with E-state index in [4.69, 9.17) is 4.74 Å². The van der Waals surface area contributed by atoms with Crippen molar-refractivity contribution in [1.29, 1.82) is 0 Å². The third-order valence-corrected chi connectivity index (χ3v) is 5.81. The molecule has 0 aromatic heterocycles. The first-order valence-electron chi connectivity index (χ1n) is 9.22. The van der Waals surface area contributed by atoms with Crippen LogP contribution in [-0.4, -0.2) is 39.9 Å². The molecule has 1 fully saturated rings. The van der Waals surface area contributed by atoms with E-state index in [0.717, 1.165) is 12.8 Å². The molecular formula is C20H23N3O5S. The van der Waals surface area contributed by atoms with E-state index in [-0.39, 0.29) is 35.7 Å². The third-order valence-electron chi connectivity index (χ3n) is 4.33. The van der Waals surface area contributed by atoms with Crippen molar-refractivity contribution in [1.82, 2.24) is 10.0 Å². The largest absolute Gasteiger partial charge is 0.497 e. The maximum Gasteiger partial charge on any atom is 0.251 e. The van der Waals surface area contributed by atoms with Crippen LogP contribution in [0.4, 0.5) is 5.69 Å².